The third-order valence-corrected chi connectivity index (χ3v) is 6.09. The highest BCUT2D eigenvalue weighted by molar-refractivity contribution is 8.03. The van der Waals surface area contributed by atoms with Crippen molar-refractivity contribution in [3.8, 4) is 12.1 Å². The molecule has 0 bridgehead atoms. The van der Waals surface area contributed by atoms with Crippen LogP contribution in [0.4, 0.5) is 0 Å². The van der Waals surface area contributed by atoms with Crippen LogP contribution in [0.1, 0.15) is 40.5 Å². The summed E-state index contributed by atoms with van der Waals surface area (Å²) in [6.07, 6.45) is 1.68. The van der Waals surface area contributed by atoms with Crippen LogP contribution < -0.4 is 0 Å². The van der Waals surface area contributed by atoms with Gasteiger partial charge in [0.25, 0.3) is 0 Å². The summed E-state index contributed by atoms with van der Waals surface area (Å²) in [4.78, 5) is 0. The summed E-state index contributed by atoms with van der Waals surface area (Å²) in [5.74, 6) is 1.75. The molecule has 0 spiro atoms. The molecule has 1 heterocycles. The Morgan fingerprint density at radius 1 is 0.905 bits per heavy atom. The number of rotatable bonds is 8. The topological polar surface area (TPSA) is 73.4 Å². The van der Waals surface area contributed by atoms with Gasteiger partial charge in [-0.25, -0.2) is 0 Å². The zero-order valence-corrected chi connectivity index (χ0v) is 15.3. The lowest BCUT2D eigenvalue weighted by Crippen LogP contribution is -2.08. The lowest BCUT2D eigenvalue weighted by Gasteiger charge is -2.13. The molecule has 1 rings (SSSR count). The number of hydrogen-bond donors (Lipinski definition) is 0. The molecule has 0 fully saturated rings. The van der Waals surface area contributed by atoms with Gasteiger partial charge in [0, 0.05) is 11.5 Å². The van der Waals surface area contributed by atoms with E-state index in [1.165, 1.54) is 0 Å². The normalized spacial score (nSPS) is 11.9. The van der Waals surface area contributed by atoms with Crippen molar-refractivity contribution in [2.75, 3.05) is 11.5 Å². The summed E-state index contributed by atoms with van der Waals surface area (Å²) in [6.45, 7) is 7.80. The van der Waals surface area contributed by atoms with Crippen LogP contribution >= 0.6 is 34.9 Å². The first kappa shape index (κ1) is 18.3. The molecule has 0 aliphatic carbocycles. The first-order valence-corrected chi connectivity index (χ1v) is 9.48. The van der Waals surface area contributed by atoms with Gasteiger partial charge in [-0.05, 0) is 40.5 Å². The predicted octanol–water partition coefficient (Wildman–Crippen LogP) is 4.60. The minimum absolute atomic E-state index is 0.280. The highest BCUT2D eigenvalue weighted by Crippen LogP contribution is 2.32. The molecule has 21 heavy (non-hydrogen) atoms. The average Bonchev–Trinajstić information content (AvgIpc) is 2.86. The Morgan fingerprint density at radius 3 is 1.62 bits per heavy atom. The van der Waals surface area contributed by atoms with E-state index in [-0.39, 0.29) is 10.8 Å². The predicted molar refractivity (Wildman–Crippen MR) is 89.4 cm³/mol. The average molecular weight is 341 g/mol. The lowest BCUT2D eigenvalue weighted by atomic mass is 9.93. The quantitative estimate of drug-likeness (QED) is 0.644. The summed E-state index contributed by atoms with van der Waals surface area (Å²) < 4.78 is 1.90. The van der Waals surface area contributed by atoms with Gasteiger partial charge in [-0.1, -0.05) is 34.9 Å². The summed E-state index contributed by atoms with van der Waals surface area (Å²) >= 11 is 4.90. The molecule has 0 aliphatic heterocycles. The van der Waals surface area contributed by atoms with Gasteiger partial charge in [-0.15, -0.1) is 10.2 Å². The Morgan fingerprint density at radius 2 is 1.29 bits per heavy atom. The molecule has 7 heteroatoms. The third kappa shape index (κ3) is 7.17. The van der Waals surface area contributed by atoms with Crippen molar-refractivity contribution in [3.63, 3.8) is 0 Å². The minimum atomic E-state index is -0.280. The third-order valence-electron chi connectivity index (χ3n) is 2.90. The number of nitrogens with zero attached hydrogens (tertiary/aromatic N) is 4. The smallest absolute Gasteiger partial charge is 0.175 e. The van der Waals surface area contributed by atoms with E-state index in [2.05, 4.69) is 22.3 Å². The Balaban J connectivity index is 2.34. The van der Waals surface area contributed by atoms with Crippen LogP contribution in [0.25, 0.3) is 0 Å². The number of hydrogen-bond acceptors (Lipinski definition) is 7. The van der Waals surface area contributed by atoms with Crippen molar-refractivity contribution in [2.24, 2.45) is 10.8 Å². The van der Waals surface area contributed by atoms with Gasteiger partial charge in [-0.2, -0.15) is 10.5 Å². The summed E-state index contributed by atoms with van der Waals surface area (Å²) in [7, 11) is 0. The Labute approximate surface area is 139 Å². The lowest BCUT2D eigenvalue weighted by molar-refractivity contribution is 0.482. The SMILES string of the molecule is CC(C)(C#N)CCSc1nnc(SCCC(C)(C)C#N)s1. The van der Waals surface area contributed by atoms with Gasteiger partial charge >= 0.3 is 0 Å². The second-order valence-electron chi connectivity index (χ2n) is 6.02. The van der Waals surface area contributed by atoms with Crippen molar-refractivity contribution in [1.29, 1.82) is 10.5 Å². The Kier molecular flexibility index (Phi) is 6.99. The molecule has 0 aliphatic rings. The van der Waals surface area contributed by atoms with E-state index >= 15 is 0 Å². The van der Waals surface area contributed by atoms with Crippen molar-refractivity contribution in [3.05, 3.63) is 0 Å². The number of nitriles is 2. The van der Waals surface area contributed by atoms with Crippen LogP contribution in [0.5, 0.6) is 0 Å². The molecule has 0 atom stereocenters. The summed E-state index contributed by atoms with van der Waals surface area (Å²) in [5.41, 5.74) is -0.559. The molecular formula is C14H20N4S3. The standard InChI is InChI=1S/C14H20N4S3/c1-13(2,9-15)5-7-19-11-17-18-12(21-11)20-8-6-14(3,4)10-16/h5-8H2,1-4H3. The number of thioether (sulfide) groups is 2. The van der Waals surface area contributed by atoms with Crippen molar-refractivity contribution in [1.82, 2.24) is 10.2 Å². The van der Waals surface area contributed by atoms with Crippen LogP contribution in [-0.4, -0.2) is 21.7 Å². The number of aromatic nitrogens is 2. The van der Waals surface area contributed by atoms with Crippen LogP contribution in [0.15, 0.2) is 8.68 Å². The highest BCUT2D eigenvalue weighted by Gasteiger charge is 2.18. The molecular weight excluding hydrogens is 320 g/mol. The van der Waals surface area contributed by atoms with E-state index in [0.717, 1.165) is 33.0 Å². The summed E-state index contributed by atoms with van der Waals surface area (Å²) in [5, 5.41) is 26.3. The molecule has 0 radical (unpaired) electrons. The van der Waals surface area contributed by atoms with Gasteiger partial charge in [0.1, 0.15) is 0 Å². The second-order valence-corrected chi connectivity index (χ2v) is 9.68. The molecule has 1 aromatic rings. The van der Waals surface area contributed by atoms with Crippen LogP contribution in [0.3, 0.4) is 0 Å². The van der Waals surface area contributed by atoms with Crippen LogP contribution in [-0.2, 0) is 0 Å². The maximum absolute atomic E-state index is 8.97. The van der Waals surface area contributed by atoms with E-state index in [4.69, 9.17) is 10.5 Å². The second kappa shape index (κ2) is 8.03. The van der Waals surface area contributed by atoms with Gasteiger partial charge in [0.05, 0.1) is 23.0 Å². The van der Waals surface area contributed by atoms with Crippen molar-refractivity contribution < 1.29 is 0 Å². The molecule has 1 aromatic heterocycles. The minimum Gasteiger partial charge on any atom is -0.198 e. The van der Waals surface area contributed by atoms with Crippen molar-refractivity contribution in [2.45, 2.75) is 49.2 Å². The van der Waals surface area contributed by atoms with E-state index in [1.807, 2.05) is 27.7 Å². The molecule has 0 saturated heterocycles. The van der Waals surface area contributed by atoms with Crippen LogP contribution in [0, 0.1) is 33.5 Å². The zero-order chi connectivity index (χ0) is 15.9. The molecule has 4 nitrogen and oxygen atoms in total. The first-order chi connectivity index (χ1) is 9.78. The molecule has 0 saturated carbocycles. The van der Waals surface area contributed by atoms with Gasteiger partial charge < -0.3 is 0 Å². The molecule has 0 amide bonds. The summed E-state index contributed by atoms with van der Waals surface area (Å²) in [6, 6.07) is 4.61. The van der Waals surface area contributed by atoms with Crippen molar-refractivity contribution >= 4 is 34.9 Å². The van der Waals surface area contributed by atoms with E-state index in [9.17, 15) is 0 Å². The fraction of sp³-hybridized carbons (Fsp3) is 0.714. The highest BCUT2D eigenvalue weighted by atomic mass is 32.2. The van der Waals surface area contributed by atoms with E-state index < -0.39 is 0 Å². The van der Waals surface area contributed by atoms with Crippen LogP contribution in [0.2, 0.25) is 0 Å². The fourth-order valence-electron chi connectivity index (χ4n) is 1.21. The Hall–Kier alpha value is -0.760. The maximum Gasteiger partial charge on any atom is 0.175 e. The Bertz CT molecular complexity index is 491. The zero-order valence-electron chi connectivity index (χ0n) is 12.8. The molecule has 114 valence electrons. The largest absolute Gasteiger partial charge is 0.198 e. The van der Waals surface area contributed by atoms with Gasteiger partial charge in [0.15, 0.2) is 8.68 Å². The fourth-order valence-corrected chi connectivity index (χ4v) is 4.90. The van der Waals surface area contributed by atoms with E-state index in [1.54, 1.807) is 34.9 Å². The molecule has 0 unspecified atom stereocenters. The van der Waals surface area contributed by atoms with E-state index in [0.29, 0.717) is 0 Å². The first-order valence-electron chi connectivity index (χ1n) is 6.70. The molecule has 0 N–H and O–H groups in total. The molecule has 0 aromatic carbocycles. The monoisotopic (exact) mass is 340 g/mol. The maximum atomic E-state index is 8.97. The van der Waals surface area contributed by atoms with Gasteiger partial charge in [-0.3, -0.25) is 0 Å². The van der Waals surface area contributed by atoms with Gasteiger partial charge in [0.2, 0.25) is 0 Å².